The lowest BCUT2D eigenvalue weighted by Crippen LogP contribution is -2.16. The Morgan fingerprint density at radius 1 is 1.54 bits per heavy atom. The van der Waals surface area contributed by atoms with Crippen molar-refractivity contribution < 1.29 is 4.79 Å². The Kier molecular flexibility index (Phi) is 2.55. The molecule has 0 saturated carbocycles. The van der Waals surface area contributed by atoms with E-state index < -0.39 is 0 Å². The van der Waals surface area contributed by atoms with Crippen LogP contribution in [-0.2, 0) is 6.54 Å². The molecule has 0 N–H and O–H groups in total. The summed E-state index contributed by atoms with van der Waals surface area (Å²) in [5.41, 5.74) is 1.67. The summed E-state index contributed by atoms with van der Waals surface area (Å²) >= 11 is 0. The standard InChI is InChI=1S/C10H16N2O/c1-8-9(5-13)12(7-11-8)6-10(2,3)4/h5,7H,6H2,1-4H3. The van der Waals surface area contributed by atoms with Gasteiger partial charge in [0.2, 0.25) is 0 Å². The Bertz CT molecular complexity index is 307. The highest BCUT2D eigenvalue weighted by Crippen LogP contribution is 2.17. The molecule has 1 rings (SSSR count). The van der Waals surface area contributed by atoms with Gasteiger partial charge in [-0.2, -0.15) is 0 Å². The van der Waals surface area contributed by atoms with Crippen LogP contribution in [0.25, 0.3) is 0 Å². The van der Waals surface area contributed by atoms with Crippen molar-refractivity contribution in [2.75, 3.05) is 0 Å². The second-order valence-corrected chi connectivity index (χ2v) is 4.52. The van der Waals surface area contributed by atoms with Crippen LogP contribution >= 0.6 is 0 Å². The van der Waals surface area contributed by atoms with Crippen LogP contribution in [0, 0.1) is 12.3 Å². The lowest BCUT2D eigenvalue weighted by Gasteiger charge is -2.19. The topological polar surface area (TPSA) is 34.9 Å². The quantitative estimate of drug-likeness (QED) is 0.653. The molecule has 0 radical (unpaired) electrons. The molecule has 1 heterocycles. The van der Waals surface area contributed by atoms with Crippen molar-refractivity contribution in [1.29, 1.82) is 0 Å². The molecule has 13 heavy (non-hydrogen) atoms. The number of aromatic nitrogens is 2. The minimum Gasteiger partial charge on any atom is -0.328 e. The van der Waals surface area contributed by atoms with Crippen molar-refractivity contribution in [3.8, 4) is 0 Å². The molecular weight excluding hydrogens is 164 g/mol. The van der Waals surface area contributed by atoms with Crippen molar-refractivity contribution >= 4 is 6.29 Å². The van der Waals surface area contributed by atoms with Gasteiger partial charge in [-0.15, -0.1) is 0 Å². The summed E-state index contributed by atoms with van der Waals surface area (Å²) in [5, 5.41) is 0. The van der Waals surface area contributed by atoms with Gasteiger partial charge in [-0.25, -0.2) is 4.98 Å². The maximum absolute atomic E-state index is 10.7. The number of rotatable bonds is 2. The van der Waals surface area contributed by atoms with Gasteiger partial charge in [0.15, 0.2) is 6.29 Å². The molecule has 1 aromatic rings. The molecule has 72 valence electrons. The number of hydrogen-bond acceptors (Lipinski definition) is 2. The molecule has 0 fully saturated rings. The average Bonchev–Trinajstić information content (AvgIpc) is 2.28. The van der Waals surface area contributed by atoms with E-state index in [2.05, 4.69) is 25.8 Å². The molecule has 0 aliphatic rings. The third kappa shape index (κ3) is 2.41. The summed E-state index contributed by atoms with van der Waals surface area (Å²) in [5.74, 6) is 0. The van der Waals surface area contributed by atoms with Crippen LogP contribution in [0.1, 0.15) is 37.0 Å². The van der Waals surface area contributed by atoms with Gasteiger partial charge in [0, 0.05) is 6.54 Å². The van der Waals surface area contributed by atoms with Gasteiger partial charge in [0.25, 0.3) is 0 Å². The maximum atomic E-state index is 10.7. The monoisotopic (exact) mass is 180 g/mol. The summed E-state index contributed by atoms with van der Waals surface area (Å²) in [6, 6.07) is 0. The number of carbonyl (C=O) groups excluding carboxylic acids is 1. The molecule has 3 nitrogen and oxygen atoms in total. The zero-order chi connectivity index (χ0) is 10.1. The van der Waals surface area contributed by atoms with Gasteiger partial charge in [-0.05, 0) is 12.3 Å². The molecule has 3 heteroatoms. The smallest absolute Gasteiger partial charge is 0.168 e. The molecule has 0 amide bonds. The van der Waals surface area contributed by atoms with Crippen LogP contribution < -0.4 is 0 Å². The Morgan fingerprint density at radius 3 is 2.62 bits per heavy atom. The summed E-state index contributed by atoms with van der Waals surface area (Å²) in [6.45, 7) is 9.08. The van der Waals surface area contributed by atoms with Gasteiger partial charge in [-0.1, -0.05) is 20.8 Å². The normalized spacial score (nSPS) is 11.7. The first-order chi connectivity index (χ1) is 5.94. The minimum atomic E-state index is 0.172. The van der Waals surface area contributed by atoms with E-state index in [0.717, 1.165) is 18.5 Å². The molecule has 0 saturated heterocycles. The zero-order valence-electron chi connectivity index (χ0n) is 8.66. The van der Waals surface area contributed by atoms with Gasteiger partial charge in [0.1, 0.15) is 5.69 Å². The minimum absolute atomic E-state index is 0.172. The first kappa shape index (κ1) is 9.96. The average molecular weight is 180 g/mol. The van der Waals surface area contributed by atoms with Gasteiger partial charge in [-0.3, -0.25) is 4.79 Å². The Hall–Kier alpha value is -1.12. The second-order valence-electron chi connectivity index (χ2n) is 4.52. The highest BCUT2D eigenvalue weighted by atomic mass is 16.1. The Balaban J connectivity index is 2.95. The number of imidazole rings is 1. The maximum Gasteiger partial charge on any atom is 0.168 e. The van der Waals surface area contributed by atoms with E-state index in [4.69, 9.17) is 0 Å². The van der Waals surface area contributed by atoms with Gasteiger partial charge < -0.3 is 4.57 Å². The fourth-order valence-electron chi connectivity index (χ4n) is 1.28. The lowest BCUT2D eigenvalue weighted by atomic mass is 9.97. The third-order valence-corrected chi connectivity index (χ3v) is 1.83. The van der Waals surface area contributed by atoms with E-state index in [1.807, 2.05) is 11.5 Å². The molecule has 0 aliphatic heterocycles. The number of carbonyl (C=O) groups is 1. The SMILES string of the molecule is Cc1ncn(CC(C)(C)C)c1C=O. The van der Waals surface area contributed by atoms with Crippen molar-refractivity contribution in [2.45, 2.75) is 34.2 Å². The lowest BCUT2D eigenvalue weighted by molar-refractivity contribution is 0.111. The van der Waals surface area contributed by atoms with E-state index in [9.17, 15) is 4.79 Å². The van der Waals surface area contributed by atoms with Crippen LogP contribution in [0.5, 0.6) is 0 Å². The summed E-state index contributed by atoms with van der Waals surface area (Å²) in [6.07, 6.45) is 2.60. The molecule has 0 aliphatic carbocycles. The number of aryl methyl sites for hydroxylation is 1. The van der Waals surface area contributed by atoms with Crippen LogP contribution in [0.15, 0.2) is 6.33 Å². The van der Waals surface area contributed by atoms with Gasteiger partial charge >= 0.3 is 0 Å². The number of aldehydes is 1. The highest BCUT2D eigenvalue weighted by Gasteiger charge is 2.14. The van der Waals surface area contributed by atoms with Gasteiger partial charge in [0.05, 0.1) is 12.0 Å². The van der Waals surface area contributed by atoms with E-state index in [1.165, 1.54) is 0 Å². The number of nitrogens with zero attached hydrogens (tertiary/aromatic N) is 2. The van der Waals surface area contributed by atoms with Crippen molar-refractivity contribution in [3.63, 3.8) is 0 Å². The predicted molar refractivity (Wildman–Crippen MR) is 51.8 cm³/mol. The Labute approximate surface area is 78.8 Å². The summed E-state index contributed by atoms with van der Waals surface area (Å²) in [7, 11) is 0. The van der Waals surface area contributed by atoms with Crippen molar-refractivity contribution in [2.24, 2.45) is 5.41 Å². The fraction of sp³-hybridized carbons (Fsp3) is 0.600. The van der Waals surface area contributed by atoms with Crippen LogP contribution in [0.3, 0.4) is 0 Å². The molecular formula is C10H16N2O. The highest BCUT2D eigenvalue weighted by molar-refractivity contribution is 5.73. The molecule has 0 atom stereocenters. The van der Waals surface area contributed by atoms with E-state index >= 15 is 0 Å². The molecule has 0 aromatic carbocycles. The van der Waals surface area contributed by atoms with Crippen LogP contribution in [-0.4, -0.2) is 15.8 Å². The first-order valence-corrected chi connectivity index (χ1v) is 4.41. The zero-order valence-corrected chi connectivity index (χ0v) is 8.66. The first-order valence-electron chi connectivity index (χ1n) is 4.41. The van der Waals surface area contributed by atoms with Crippen LogP contribution in [0.2, 0.25) is 0 Å². The molecule has 0 bridgehead atoms. The van der Waals surface area contributed by atoms with E-state index in [1.54, 1.807) is 6.33 Å². The molecule has 1 aromatic heterocycles. The van der Waals surface area contributed by atoms with Crippen LogP contribution in [0.4, 0.5) is 0 Å². The van der Waals surface area contributed by atoms with E-state index in [-0.39, 0.29) is 5.41 Å². The van der Waals surface area contributed by atoms with Crippen molar-refractivity contribution in [3.05, 3.63) is 17.7 Å². The van der Waals surface area contributed by atoms with E-state index in [0.29, 0.717) is 5.69 Å². The second kappa shape index (κ2) is 3.32. The molecule has 0 unspecified atom stereocenters. The fourth-order valence-corrected chi connectivity index (χ4v) is 1.28. The summed E-state index contributed by atoms with van der Waals surface area (Å²) in [4.78, 5) is 14.8. The Morgan fingerprint density at radius 2 is 2.15 bits per heavy atom. The third-order valence-electron chi connectivity index (χ3n) is 1.83. The summed E-state index contributed by atoms with van der Waals surface area (Å²) < 4.78 is 1.91. The molecule has 0 spiro atoms. The largest absolute Gasteiger partial charge is 0.328 e. The predicted octanol–water partition coefficient (Wildman–Crippen LogP) is 2.05. The van der Waals surface area contributed by atoms with Crippen molar-refractivity contribution in [1.82, 2.24) is 9.55 Å². The number of hydrogen-bond donors (Lipinski definition) is 0.